The molecular formula is C14H13ClN2O. The van der Waals surface area contributed by atoms with E-state index >= 15 is 0 Å². The first-order chi connectivity index (χ1) is 8.78. The third-order valence-electron chi connectivity index (χ3n) is 3.09. The molecule has 1 aliphatic rings. The molecule has 0 fully saturated rings. The van der Waals surface area contributed by atoms with Gasteiger partial charge in [-0.25, -0.2) is 0 Å². The molecule has 18 heavy (non-hydrogen) atoms. The Morgan fingerprint density at radius 2 is 2.22 bits per heavy atom. The fourth-order valence-corrected chi connectivity index (χ4v) is 2.32. The van der Waals surface area contributed by atoms with Crippen molar-refractivity contribution < 1.29 is 4.74 Å². The van der Waals surface area contributed by atoms with E-state index in [0.717, 1.165) is 23.4 Å². The summed E-state index contributed by atoms with van der Waals surface area (Å²) in [5.74, 6) is 0.905. The molecule has 0 amide bonds. The van der Waals surface area contributed by atoms with E-state index < -0.39 is 0 Å². The molecule has 92 valence electrons. The second-order valence-electron chi connectivity index (χ2n) is 4.34. The number of ether oxygens (including phenoxy) is 1. The van der Waals surface area contributed by atoms with Crippen molar-refractivity contribution >= 4 is 11.6 Å². The lowest BCUT2D eigenvalue weighted by molar-refractivity contribution is 0.242. The Balaban J connectivity index is 2.05. The van der Waals surface area contributed by atoms with Gasteiger partial charge in [-0.1, -0.05) is 23.7 Å². The summed E-state index contributed by atoms with van der Waals surface area (Å²) >= 11 is 5.85. The van der Waals surface area contributed by atoms with Crippen LogP contribution in [0.2, 0.25) is 5.02 Å². The van der Waals surface area contributed by atoms with Crippen LogP contribution >= 0.6 is 11.6 Å². The van der Waals surface area contributed by atoms with Gasteiger partial charge in [-0.15, -0.1) is 0 Å². The SMILES string of the molecule is NCC1Cc2cccc(-c3ccc(Cl)cn3)c2O1. The topological polar surface area (TPSA) is 48.1 Å². The van der Waals surface area contributed by atoms with Crippen molar-refractivity contribution in [1.29, 1.82) is 0 Å². The number of nitrogens with two attached hydrogens (primary N) is 1. The highest BCUT2D eigenvalue weighted by molar-refractivity contribution is 6.30. The van der Waals surface area contributed by atoms with Crippen LogP contribution < -0.4 is 10.5 Å². The highest BCUT2D eigenvalue weighted by Crippen LogP contribution is 2.37. The number of para-hydroxylation sites is 1. The quantitative estimate of drug-likeness (QED) is 0.903. The molecule has 1 aromatic heterocycles. The fraction of sp³-hybridized carbons (Fsp3) is 0.214. The summed E-state index contributed by atoms with van der Waals surface area (Å²) in [6.45, 7) is 0.530. The summed E-state index contributed by atoms with van der Waals surface area (Å²) in [5.41, 5.74) is 8.73. The number of nitrogens with zero attached hydrogens (tertiary/aromatic N) is 1. The molecule has 0 bridgehead atoms. The Morgan fingerprint density at radius 1 is 1.33 bits per heavy atom. The van der Waals surface area contributed by atoms with Gasteiger partial charge in [0, 0.05) is 24.7 Å². The minimum Gasteiger partial charge on any atom is -0.488 e. The molecule has 2 heterocycles. The van der Waals surface area contributed by atoms with Crippen LogP contribution in [0, 0.1) is 0 Å². The third-order valence-corrected chi connectivity index (χ3v) is 3.32. The third kappa shape index (κ3) is 1.96. The minimum atomic E-state index is 0.0773. The molecule has 1 atom stereocenters. The first kappa shape index (κ1) is 11.5. The number of hydrogen-bond acceptors (Lipinski definition) is 3. The van der Waals surface area contributed by atoms with Gasteiger partial charge in [0.1, 0.15) is 11.9 Å². The molecule has 0 saturated carbocycles. The maximum Gasteiger partial charge on any atom is 0.132 e. The molecule has 0 spiro atoms. The molecule has 2 aromatic rings. The van der Waals surface area contributed by atoms with Crippen LogP contribution in [0.4, 0.5) is 0 Å². The Labute approximate surface area is 111 Å². The molecule has 3 nitrogen and oxygen atoms in total. The average molecular weight is 261 g/mol. The highest BCUT2D eigenvalue weighted by atomic mass is 35.5. The number of aromatic nitrogens is 1. The van der Waals surface area contributed by atoms with E-state index in [2.05, 4.69) is 11.1 Å². The van der Waals surface area contributed by atoms with Crippen molar-refractivity contribution in [3.63, 3.8) is 0 Å². The van der Waals surface area contributed by atoms with Gasteiger partial charge in [0.25, 0.3) is 0 Å². The minimum absolute atomic E-state index is 0.0773. The van der Waals surface area contributed by atoms with Crippen LogP contribution in [-0.2, 0) is 6.42 Å². The number of halogens is 1. The maximum absolute atomic E-state index is 5.87. The van der Waals surface area contributed by atoms with E-state index in [-0.39, 0.29) is 6.10 Å². The van der Waals surface area contributed by atoms with Crippen LogP contribution in [0.3, 0.4) is 0 Å². The zero-order chi connectivity index (χ0) is 12.5. The summed E-state index contributed by atoms with van der Waals surface area (Å²) in [6.07, 6.45) is 2.59. The van der Waals surface area contributed by atoms with Crippen molar-refractivity contribution in [1.82, 2.24) is 4.98 Å². The van der Waals surface area contributed by atoms with E-state index in [9.17, 15) is 0 Å². The largest absolute Gasteiger partial charge is 0.488 e. The average Bonchev–Trinajstić information content (AvgIpc) is 2.82. The van der Waals surface area contributed by atoms with Crippen molar-refractivity contribution in [2.45, 2.75) is 12.5 Å². The Bertz CT molecular complexity index is 569. The van der Waals surface area contributed by atoms with E-state index in [4.69, 9.17) is 22.1 Å². The van der Waals surface area contributed by atoms with Gasteiger partial charge in [-0.05, 0) is 23.8 Å². The second-order valence-corrected chi connectivity index (χ2v) is 4.77. The monoisotopic (exact) mass is 260 g/mol. The predicted octanol–water partition coefficient (Wildman–Crippen LogP) is 2.66. The molecule has 1 aliphatic heterocycles. The van der Waals surface area contributed by atoms with E-state index in [1.807, 2.05) is 24.3 Å². The smallest absolute Gasteiger partial charge is 0.132 e. The summed E-state index contributed by atoms with van der Waals surface area (Å²) in [5, 5.41) is 0.632. The normalized spacial score (nSPS) is 17.3. The van der Waals surface area contributed by atoms with Crippen LogP contribution in [0.5, 0.6) is 5.75 Å². The van der Waals surface area contributed by atoms with Gasteiger partial charge in [-0.3, -0.25) is 4.98 Å². The summed E-state index contributed by atoms with van der Waals surface area (Å²) < 4.78 is 5.87. The van der Waals surface area contributed by atoms with Crippen molar-refractivity contribution in [3.8, 4) is 17.0 Å². The van der Waals surface area contributed by atoms with Crippen molar-refractivity contribution in [3.05, 3.63) is 47.1 Å². The molecule has 1 aromatic carbocycles. The molecule has 2 N–H and O–H groups in total. The maximum atomic E-state index is 5.87. The molecule has 0 saturated heterocycles. The lowest BCUT2D eigenvalue weighted by Crippen LogP contribution is -2.24. The lowest BCUT2D eigenvalue weighted by Gasteiger charge is -2.10. The van der Waals surface area contributed by atoms with Crippen LogP contribution in [0.1, 0.15) is 5.56 Å². The number of benzene rings is 1. The number of hydrogen-bond donors (Lipinski definition) is 1. The Kier molecular flexibility index (Phi) is 2.94. The van der Waals surface area contributed by atoms with Gasteiger partial charge in [0.15, 0.2) is 0 Å². The van der Waals surface area contributed by atoms with E-state index in [0.29, 0.717) is 11.6 Å². The Morgan fingerprint density at radius 3 is 2.94 bits per heavy atom. The van der Waals surface area contributed by atoms with Gasteiger partial charge in [0.2, 0.25) is 0 Å². The number of pyridine rings is 1. The molecule has 3 rings (SSSR count). The zero-order valence-electron chi connectivity index (χ0n) is 9.77. The van der Waals surface area contributed by atoms with Gasteiger partial charge in [-0.2, -0.15) is 0 Å². The first-order valence-corrected chi connectivity index (χ1v) is 6.26. The number of rotatable bonds is 2. The predicted molar refractivity (Wildman–Crippen MR) is 71.9 cm³/mol. The second kappa shape index (κ2) is 4.59. The number of fused-ring (bicyclic) bond motifs is 1. The highest BCUT2D eigenvalue weighted by Gasteiger charge is 2.24. The molecule has 4 heteroatoms. The molecule has 1 unspecified atom stereocenters. The molecular weight excluding hydrogens is 248 g/mol. The van der Waals surface area contributed by atoms with Crippen molar-refractivity contribution in [2.24, 2.45) is 5.73 Å². The van der Waals surface area contributed by atoms with E-state index in [1.165, 1.54) is 5.56 Å². The van der Waals surface area contributed by atoms with Crippen LogP contribution in [0.15, 0.2) is 36.5 Å². The lowest BCUT2D eigenvalue weighted by atomic mass is 10.0. The van der Waals surface area contributed by atoms with E-state index in [1.54, 1.807) is 6.20 Å². The summed E-state index contributed by atoms with van der Waals surface area (Å²) in [6, 6.07) is 9.83. The van der Waals surface area contributed by atoms with Crippen LogP contribution in [-0.4, -0.2) is 17.6 Å². The summed E-state index contributed by atoms with van der Waals surface area (Å²) in [4.78, 5) is 4.33. The van der Waals surface area contributed by atoms with Crippen molar-refractivity contribution in [2.75, 3.05) is 6.54 Å². The van der Waals surface area contributed by atoms with Crippen LogP contribution in [0.25, 0.3) is 11.3 Å². The Hall–Kier alpha value is -1.58. The molecule has 0 aliphatic carbocycles. The fourth-order valence-electron chi connectivity index (χ4n) is 2.21. The zero-order valence-corrected chi connectivity index (χ0v) is 10.5. The van der Waals surface area contributed by atoms with Gasteiger partial charge < -0.3 is 10.5 Å². The summed E-state index contributed by atoms with van der Waals surface area (Å²) in [7, 11) is 0. The van der Waals surface area contributed by atoms with Gasteiger partial charge >= 0.3 is 0 Å². The van der Waals surface area contributed by atoms with Gasteiger partial charge in [0.05, 0.1) is 10.7 Å². The molecule has 0 radical (unpaired) electrons. The first-order valence-electron chi connectivity index (χ1n) is 5.88. The standard InChI is InChI=1S/C14H13ClN2O/c15-10-4-5-13(17-8-10)12-3-1-2-9-6-11(7-16)18-14(9)12/h1-5,8,11H,6-7,16H2.